The molecule has 8 heteroatoms. The Morgan fingerprint density at radius 2 is 2.03 bits per heavy atom. The van der Waals surface area contributed by atoms with E-state index in [-0.39, 0.29) is 11.9 Å². The number of thioether (sulfide) groups is 1. The monoisotopic (exact) mass is 427 g/mol. The molecule has 1 aromatic heterocycles. The summed E-state index contributed by atoms with van der Waals surface area (Å²) in [6, 6.07) is 15.3. The molecule has 1 aliphatic heterocycles. The maximum atomic E-state index is 13.2. The van der Waals surface area contributed by atoms with Crippen LogP contribution in [-0.2, 0) is 11.2 Å². The van der Waals surface area contributed by atoms with Crippen LogP contribution < -0.4 is 10.7 Å². The Morgan fingerprint density at radius 1 is 1.24 bits per heavy atom. The first-order valence-corrected chi connectivity index (χ1v) is 10.8. The standard InChI is InChI=1S/C21H22ClN5OS/c1-3-7-17-24-25-21-27(17)26-18(14-8-5-4-6-9-14)19(29-21)20(28)23-15-11-10-13(2)16(22)12-15/h4-6,8-12,18-19,26H,3,7H2,1-2H3,(H,23,28). The van der Waals surface area contributed by atoms with E-state index in [2.05, 4.69) is 27.9 Å². The van der Waals surface area contributed by atoms with Crippen LogP contribution in [0.2, 0.25) is 5.02 Å². The number of amides is 1. The molecule has 0 aliphatic carbocycles. The Morgan fingerprint density at radius 3 is 2.76 bits per heavy atom. The third kappa shape index (κ3) is 4.11. The predicted molar refractivity (Wildman–Crippen MR) is 117 cm³/mol. The van der Waals surface area contributed by atoms with Crippen LogP contribution in [0.5, 0.6) is 0 Å². The van der Waals surface area contributed by atoms with E-state index in [1.807, 2.05) is 54.1 Å². The molecule has 4 rings (SSSR count). The Balaban J connectivity index is 1.65. The van der Waals surface area contributed by atoms with Crippen LogP contribution in [0, 0.1) is 6.92 Å². The fraction of sp³-hybridized carbons (Fsp3) is 0.286. The second-order valence-electron chi connectivity index (χ2n) is 6.99. The van der Waals surface area contributed by atoms with Crippen molar-refractivity contribution in [1.29, 1.82) is 0 Å². The van der Waals surface area contributed by atoms with Crippen molar-refractivity contribution in [3.63, 3.8) is 0 Å². The van der Waals surface area contributed by atoms with Crippen molar-refractivity contribution in [1.82, 2.24) is 14.9 Å². The lowest BCUT2D eigenvalue weighted by molar-refractivity contribution is -0.116. The lowest BCUT2D eigenvalue weighted by Crippen LogP contribution is -2.41. The molecule has 0 spiro atoms. The quantitative estimate of drug-likeness (QED) is 0.623. The van der Waals surface area contributed by atoms with E-state index in [9.17, 15) is 4.79 Å². The van der Waals surface area contributed by atoms with Gasteiger partial charge in [-0.25, -0.2) is 4.68 Å². The Hall–Kier alpha value is -2.51. The van der Waals surface area contributed by atoms with Crippen LogP contribution in [0.25, 0.3) is 0 Å². The van der Waals surface area contributed by atoms with Gasteiger partial charge >= 0.3 is 0 Å². The molecular weight excluding hydrogens is 406 g/mol. The van der Waals surface area contributed by atoms with Crippen molar-refractivity contribution in [3.8, 4) is 0 Å². The zero-order valence-corrected chi connectivity index (χ0v) is 17.8. The average Bonchev–Trinajstić information content (AvgIpc) is 3.13. The van der Waals surface area contributed by atoms with Crippen molar-refractivity contribution in [2.24, 2.45) is 0 Å². The maximum Gasteiger partial charge on any atom is 0.240 e. The maximum absolute atomic E-state index is 13.2. The van der Waals surface area contributed by atoms with Crippen LogP contribution in [0.1, 0.15) is 36.3 Å². The molecule has 2 unspecified atom stereocenters. The number of nitrogens with one attached hydrogen (secondary N) is 2. The third-order valence-electron chi connectivity index (χ3n) is 4.83. The molecular formula is C21H22ClN5OS. The molecule has 3 aromatic rings. The van der Waals surface area contributed by atoms with E-state index < -0.39 is 5.25 Å². The van der Waals surface area contributed by atoms with E-state index in [0.29, 0.717) is 15.9 Å². The number of carbonyl (C=O) groups excluding carboxylic acids is 1. The summed E-state index contributed by atoms with van der Waals surface area (Å²) in [4.78, 5) is 13.2. The second kappa shape index (κ2) is 8.47. The van der Waals surface area contributed by atoms with E-state index in [1.54, 1.807) is 6.07 Å². The Labute approximate surface area is 179 Å². The zero-order chi connectivity index (χ0) is 20.4. The van der Waals surface area contributed by atoms with Gasteiger partial charge in [0, 0.05) is 17.1 Å². The van der Waals surface area contributed by atoms with Crippen LogP contribution in [-0.4, -0.2) is 26.0 Å². The zero-order valence-electron chi connectivity index (χ0n) is 16.2. The molecule has 0 radical (unpaired) electrons. The number of halogens is 1. The van der Waals surface area contributed by atoms with E-state index in [0.717, 1.165) is 29.8 Å². The van der Waals surface area contributed by atoms with Crippen LogP contribution in [0.3, 0.4) is 0 Å². The minimum Gasteiger partial charge on any atom is -0.325 e. The van der Waals surface area contributed by atoms with Gasteiger partial charge in [0.2, 0.25) is 11.1 Å². The fourth-order valence-electron chi connectivity index (χ4n) is 3.28. The second-order valence-corrected chi connectivity index (χ2v) is 8.51. The molecule has 6 nitrogen and oxygen atoms in total. The average molecular weight is 428 g/mol. The van der Waals surface area contributed by atoms with E-state index in [1.165, 1.54) is 11.8 Å². The number of carbonyl (C=O) groups is 1. The predicted octanol–water partition coefficient (Wildman–Crippen LogP) is 4.59. The van der Waals surface area contributed by atoms with Crippen LogP contribution in [0.15, 0.2) is 53.7 Å². The number of nitrogens with zero attached hydrogens (tertiary/aromatic N) is 3. The van der Waals surface area contributed by atoms with Crippen molar-refractivity contribution >= 4 is 35.0 Å². The summed E-state index contributed by atoms with van der Waals surface area (Å²) in [5.74, 6) is 0.766. The van der Waals surface area contributed by atoms with Gasteiger partial charge in [0.15, 0.2) is 5.82 Å². The SMILES string of the molecule is CCCc1nnc2n1NC(c1ccccc1)C(C(=O)Nc1ccc(C)c(Cl)c1)S2. The summed E-state index contributed by atoms with van der Waals surface area (Å²) < 4.78 is 1.92. The van der Waals surface area contributed by atoms with Gasteiger partial charge in [-0.2, -0.15) is 0 Å². The smallest absolute Gasteiger partial charge is 0.240 e. The molecule has 2 aromatic carbocycles. The molecule has 0 fully saturated rings. The first-order valence-electron chi connectivity index (χ1n) is 9.56. The van der Waals surface area contributed by atoms with Crippen molar-refractivity contribution in [3.05, 3.63) is 70.5 Å². The van der Waals surface area contributed by atoms with Gasteiger partial charge in [0.1, 0.15) is 5.25 Å². The number of hydrogen-bond donors (Lipinski definition) is 2. The molecule has 0 bridgehead atoms. The van der Waals surface area contributed by atoms with Crippen LogP contribution in [0.4, 0.5) is 5.69 Å². The minimum atomic E-state index is -0.413. The normalized spacial score (nSPS) is 18.0. The van der Waals surface area contributed by atoms with Crippen LogP contribution >= 0.6 is 23.4 Å². The number of benzene rings is 2. The summed E-state index contributed by atoms with van der Waals surface area (Å²) in [6.07, 6.45) is 1.79. The largest absolute Gasteiger partial charge is 0.325 e. The fourth-order valence-corrected chi connectivity index (χ4v) is 4.56. The summed E-state index contributed by atoms with van der Waals surface area (Å²) in [6.45, 7) is 4.04. The molecule has 0 saturated heterocycles. The Kier molecular flexibility index (Phi) is 5.78. The van der Waals surface area contributed by atoms with Crippen molar-refractivity contribution in [2.45, 2.75) is 43.1 Å². The van der Waals surface area contributed by atoms with Crippen molar-refractivity contribution < 1.29 is 4.79 Å². The first-order chi connectivity index (χ1) is 14.1. The topological polar surface area (TPSA) is 71.8 Å². The molecule has 1 aliphatic rings. The minimum absolute atomic E-state index is 0.109. The molecule has 1 amide bonds. The number of hydrogen-bond acceptors (Lipinski definition) is 5. The number of aryl methyl sites for hydroxylation is 2. The van der Waals surface area contributed by atoms with E-state index in [4.69, 9.17) is 11.6 Å². The summed E-state index contributed by atoms with van der Waals surface area (Å²) >= 11 is 7.64. The highest BCUT2D eigenvalue weighted by Crippen LogP contribution is 2.37. The molecule has 2 N–H and O–H groups in total. The molecule has 150 valence electrons. The number of rotatable bonds is 5. The highest BCUT2D eigenvalue weighted by molar-refractivity contribution is 8.00. The molecule has 29 heavy (non-hydrogen) atoms. The van der Waals surface area contributed by atoms with E-state index >= 15 is 0 Å². The highest BCUT2D eigenvalue weighted by atomic mass is 35.5. The lowest BCUT2D eigenvalue weighted by atomic mass is 10.0. The summed E-state index contributed by atoms with van der Waals surface area (Å²) in [5, 5.41) is 12.5. The molecule has 2 heterocycles. The van der Waals surface area contributed by atoms with Gasteiger partial charge in [0.25, 0.3) is 0 Å². The van der Waals surface area contributed by atoms with Gasteiger partial charge in [-0.3, -0.25) is 4.79 Å². The van der Waals surface area contributed by atoms with Crippen molar-refractivity contribution in [2.75, 3.05) is 10.7 Å². The summed E-state index contributed by atoms with van der Waals surface area (Å²) in [5.41, 5.74) is 6.15. The number of aromatic nitrogens is 3. The molecule has 0 saturated carbocycles. The third-order valence-corrected chi connectivity index (χ3v) is 6.46. The number of anilines is 1. The van der Waals surface area contributed by atoms with Gasteiger partial charge in [-0.15, -0.1) is 10.2 Å². The lowest BCUT2D eigenvalue weighted by Gasteiger charge is -2.33. The molecule has 2 atom stereocenters. The highest BCUT2D eigenvalue weighted by Gasteiger charge is 2.37. The van der Waals surface area contributed by atoms with Gasteiger partial charge in [0.05, 0.1) is 6.04 Å². The van der Waals surface area contributed by atoms with Gasteiger partial charge in [-0.1, -0.05) is 66.7 Å². The van der Waals surface area contributed by atoms with Gasteiger partial charge < -0.3 is 10.7 Å². The Bertz CT molecular complexity index is 1020. The van der Waals surface area contributed by atoms with Gasteiger partial charge in [-0.05, 0) is 36.6 Å². The first kappa shape index (κ1) is 19.8. The summed E-state index contributed by atoms with van der Waals surface area (Å²) in [7, 11) is 0. The number of fused-ring (bicyclic) bond motifs is 1.